The van der Waals surface area contributed by atoms with Gasteiger partial charge in [0.2, 0.25) is 0 Å². The first kappa shape index (κ1) is 16.4. The molecule has 0 radical (unpaired) electrons. The lowest BCUT2D eigenvalue weighted by molar-refractivity contribution is 0.558. The van der Waals surface area contributed by atoms with Crippen LogP contribution in [0, 0.1) is 11.6 Å². The zero-order chi connectivity index (χ0) is 15.4. The molecule has 0 aliphatic carbocycles. The lowest BCUT2D eigenvalue weighted by Gasteiger charge is -2.21. The van der Waals surface area contributed by atoms with Gasteiger partial charge in [-0.3, -0.25) is 0 Å². The molecular weight excluding hydrogens is 360 g/mol. The monoisotopic (exact) mass is 373 g/mol. The molecule has 1 N–H and O–H groups in total. The molecule has 21 heavy (non-hydrogen) atoms. The summed E-state index contributed by atoms with van der Waals surface area (Å²) in [6.45, 7) is 2.74. The summed E-state index contributed by atoms with van der Waals surface area (Å²) in [4.78, 5) is 0. The fourth-order valence-corrected chi connectivity index (χ4v) is 2.96. The maximum absolute atomic E-state index is 13.5. The number of rotatable bonds is 5. The summed E-state index contributed by atoms with van der Waals surface area (Å²) in [6.07, 6.45) is 0.905. The van der Waals surface area contributed by atoms with Gasteiger partial charge < -0.3 is 5.32 Å². The van der Waals surface area contributed by atoms with Gasteiger partial charge in [-0.1, -0.05) is 40.5 Å². The highest BCUT2D eigenvalue weighted by molar-refractivity contribution is 9.10. The van der Waals surface area contributed by atoms with Crippen LogP contribution in [0.5, 0.6) is 0 Å². The van der Waals surface area contributed by atoms with Crippen LogP contribution in [0.3, 0.4) is 0 Å². The zero-order valence-electron chi connectivity index (χ0n) is 11.5. The molecule has 0 spiro atoms. The molecule has 0 fully saturated rings. The van der Waals surface area contributed by atoms with Crippen molar-refractivity contribution in [2.45, 2.75) is 19.4 Å². The van der Waals surface area contributed by atoms with Gasteiger partial charge in [0.05, 0.1) is 6.04 Å². The first-order valence-electron chi connectivity index (χ1n) is 6.65. The van der Waals surface area contributed by atoms with Crippen LogP contribution in [0.25, 0.3) is 0 Å². The standard InChI is InChI=1S/C16H15BrClF2N/c1-2-5-21-16(10-6-12(19)9-13(20)7-10)14-4-3-11(17)8-15(14)18/h3-4,6-9,16,21H,2,5H2,1H3. The fraction of sp³-hybridized carbons (Fsp3) is 0.250. The Kier molecular flexibility index (Phi) is 5.73. The summed E-state index contributed by atoms with van der Waals surface area (Å²) in [7, 11) is 0. The highest BCUT2D eigenvalue weighted by Gasteiger charge is 2.18. The summed E-state index contributed by atoms with van der Waals surface area (Å²) in [5, 5.41) is 3.83. The smallest absolute Gasteiger partial charge is 0.126 e. The highest BCUT2D eigenvalue weighted by atomic mass is 79.9. The van der Waals surface area contributed by atoms with E-state index in [4.69, 9.17) is 11.6 Å². The van der Waals surface area contributed by atoms with Gasteiger partial charge in [-0.15, -0.1) is 0 Å². The van der Waals surface area contributed by atoms with E-state index in [1.165, 1.54) is 12.1 Å². The van der Waals surface area contributed by atoms with Gasteiger partial charge in [-0.2, -0.15) is 0 Å². The Labute approximate surface area is 136 Å². The van der Waals surface area contributed by atoms with E-state index in [9.17, 15) is 8.78 Å². The van der Waals surface area contributed by atoms with Crippen molar-refractivity contribution in [3.05, 3.63) is 68.7 Å². The molecule has 1 nitrogen and oxygen atoms in total. The lowest BCUT2D eigenvalue weighted by Crippen LogP contribution is -2.23. The van der Waals surface area contributed by atoms with E-state index in [1.807, 2.05) is 19.1 Å². The SMILES string of the molecule is CCCNC(c1cc(F)cc(F)c1)c1ccc(Br)cc1Cl. The highest BCUT2D eigenvalue weighted by Crippen LogP contribution is 2.31. The molecular formula is C16H15BrClF2N. The van der Waals surface area contributed by atoms with Crippen LogP contribution in [0.1, 0.15) is 30.5 Å². The third-order valence-electron chi connectivity index (χ3n) is 3.09. The average molecular weight is 375 g/mol. The van der Waals surface area contributed by atoms with Gasteiger partial charge in [-0.25, -0.2) is 8.78 Å². The second kappa shape index (κ2) is 7.34. The van der Waals surface area contributed by atoms with Crippen molar-refractivity contribution < 1.29 is 8.78 Å². The van der Waals surface area contributed by atoms with Gasteiger partial charge >= 0.3 is 0 Å². The topological polar surface area (TPSA) is 12.0 Å². The van der Waals surface area contributed by atoms with E-state index in [2.05, 4.69) is 21.2 Å². The van der Waals surface area contributed by atoms with Crippen LogP contribution in [0.2, 0.25) is 5.02 Å². The Morgan fingerprint density at radius 2 is 1.81 bits per heavy atom. The van der Waals surface area contributed by atoms with Gasteiger partial charge in [-0.05, 0) is 48.4 Å². The van der Waals surface area contributed by atoms with Crippen LogP contribution >= 0.6 is 27.5 Å². The molecule has 0 aromatic heterocycles. The van der Waals surface area contributed by atoms with Crippen molar-refractivity contribution in [3.8, 4) is 0 Å². The van der Waals surface area contributed by atoms with Crippen LogP contribution in [-0.2, 0) is 0 Å². The Morgan fingerprint density at radius 3 is 2.38 bits per heavy atom. The minimum absolute atomic E-state index is 0.351. The maximum atomic E-state index is 13.5. The Morgan fingerprint density at radius 1 is 1.14 bits per heavy atom. The average Bonchev–Trinajstić information content (AvgIpc) is 2.40. The number of nitrogens with one attached hydrogen (secondary N) is 1. The molecule has 2 aromatic carbocycles. The van der Waals surface area contributed by atoms with Crippen molar-refractivity contribution in [2.24, 2.45) is 0 Å². The van der Waals surface area contributed by atoms with E-state index < -0.39 is 11.6 Å². The van der Waals surface area contributed by atoms with E-state index in [0.29, 0.717) is 10.6 Å². The number of hydrogen-bond acceptors (Lipinski definition) is 1. The van der Waals surface area contributed by atoms with Crippen LogP contribution in [0.15, 0.2) is 40.9 Å². The molecule has 2 aromatic rings. The maximum Gasteiger partial charge on any atom is 0.126 e. The first-order chi connectivity index (χ1) is 10.0. The van der Waals surface area contributed by atoms with E-state index in [-0.39, 0.29) is 6.04 Å². The molecule has 0 aliphatic heterocycles. The van der Waals surface area contributed by atoms with Crippen LogP contribution in [0.4, 0.5) is 8.78 Å². The Balaban J connectivity index is 2.46. The first-order valence-corrected chi connectivity index (χ1v) is 7.82. The summed E-state index contributed by atoms with van der Waals surface area (Å²) >= 11 is 9.63. The number of halogens is 4. The van der Waals surface area contributed by atoms with Gasteiger partial charge in [0, 0.05) is 15.6 Å². The van der Waals surface area contributed by atoms with Crippen LogP contribution in [-0.4, -0.2) is 6.54 Å². The molecule has 0 heterocycles. The van der Waals surface area contributed by atoms with E-state index in [0.717, 1.165) is 29.1 Å². The summed E-state index contributed by atoms with van der Waals surface area (Å²) in [6, 6.07) is 8.65. The third-order valence-corrected chi connectivity index (χ3v) is 3.91. The molecule has 5 heteroatoms. The predicted octanol–water partition coefficient (Wildman–Crippen LogP) is 5.47. The third kappa shape index (κ3) is 4.25. The Bertz CT molecular complexity index is 613. The molecule has 112 valence electrons. The van der Waals surface area contributed by atoms with Crippen molar-refractivity contribution in [1.82, 2.24) is 5.32 Å². The molecule has 2 rings (SSSR count). The molecule has 0 amide bonds. The summed E-state index contributed by atoms with van der Waals surface area (Å²) < 4.78 is 27.8. The fourth-order valence-electron chi connectivity index (χ4n) is 2.17. The normalized spacial score (nSPS) is 12.4. The van der Waals surface area contributed by atoms with Crippen molar-refractivity contribution in [3.63, 3.8) is 0 Å². The zero-order valence-corrected chi connectivity index (χ0v) is 13.8. The van der Waals surface area contributed by atoms with Gasteiger partial charge in [0.1, 0.15) is 11.6 Å². The molecule has 0 saturated carbocycles. The van der Waals surface area contributed by atoms with Gasteiger partial charge in [0.25, 0.3) is 0 Å². The van der Waals surface area contributed by atoms with E-state index in [1.54, 1.807) is 6.07 Å². The van der Waals surface area contributed by atoms with Gasteiger partial charge in [0.15, 0.2) is 0 Å². The second-order valence-corrected chi connectivity index (χ2v) is 6.08. The molecule has 0 aliphatic rings. The summed E-state index contributed by atoms with van der Waals surface area (Å²) in [5.74, 6) is -1.19. The molecule has 0 saturated heterocycles. The van der Waals surface area contributed by atoms with Crippen LogP contribution < -0.4 is 5.32 Å². The predicted molar refractivity (Wildman–Crippen MR) is 85.6 cm³/mol. The number of benzene rings is 2. The van der Waals surface area contributed by atoms with Crippen molar-refractivity contribution in [2.75, 3.05) is 6.54 Å². The van der Waals surface area contributed by atoms with Crippen molar-refractivity contribution >= 4 is 27.5 Å². The summed E-state index contributed by atoms with van der Waals surface area (Å²) in [5.41, 5.74) is 1.31. The molecule has 1 unspecified atom stereocenters. The quantitative estimate of drug-likeness (QED) is 0.732. The number of hydrogen-bond donors (Lipinski definition) is 1. The molecule has 0 bridgehead atoms. The minimum Gasteiger partial charge on any atom is -0.306 e. The minimum atomic E-state index is -0.596. The van der Waals surface area contributed by atoms with Crippen molar-refractivity contribution in [1.29, 1.82) is 0 Å². The molecule has 1 atom stereocenters. The second-order valence-electron chi connectivity index (χ2n) is 4.76. The Hall–Kier alpha value is -0.970. The van der Waals surface area contributed by atoms with E-state index >= 15 is 0 Å². The lowest BCUT2D eigenvalue weighted by atomic mass is 9.98. The largest absolute Gasteiger partial charge is 0.306 e.